The lowest BCUT2D eigenvalue weighted by molar-refractivity contribution is -0.112. The Bertz CT molecular complexity index is 554. The van der Waals surface area contributed by atoms with Gasteiger partial charge in [-0.1, -0.05) is 12.1 Å². The first-order valence-electron chi connectivity index (χ1n) is 4.68. The Kier molecular flexibility index (Phi) is 3.65. The maximum Gasteiger partial charge on any atom is 0.296 e. The van der Waals surface area contributed by atoms with Crippen molar-refractivity contribution in [2.45, 2.75) is 0 Å². The topological polar surface area (TPSA) is 59.1 Å². The maximum atomic E-state index is 11.0. The zero-order valence-corrected chi connectivity index (χ0v) is 10.9. The molecule has 6 heteroatoms. The summed E-state index contributed by atoms with van der Waals surface area (Å²) in [4.78, 5) is 25.6. The fraction of sp³-hybridized carbons (Fsp3) is 0. The molecule has 86 valence electrons. The third-order valence-electron chi connectivity index (χ3n) is 2.03. The van der Waals surface area contributed by atoms with Gasteiger partial charge < -0.3 is 5.32 Å². The van der Waals surface area contributed by atoms with Gasteiger partial charge in [-0.15, -0.1) is 11.3 Å². The van der Waals surface area contributed by atoms with Crippen LogP contribution < -0.4 is 5.32 Å². The van der Waals surface area contributed by atoms with E-state index in [1.807, 2.05) is 5.38 Å². The Morgan fingerprint density at radius 2 is 2.00 bits per heavy atom. The summed E-state index contributed by atoms with van der Waals surface area (Å²) in [6.07, 6.45) is 1.76. The number of rotatable bonds is 0. The second kappa shape index (κ2) is 5.20. The van der Waals surface area contributed by atoms with Gasteiger partial charge in [-0.2, -0.15) is 0 Å². The van der Waals surface area contributed by atoms with Crippen LogP contribution in [0.5, 0.6) is 0 Å². The van der Waals surface area contributed by atoms with Crippen LogP contribution in [0.15, 0.2) is 39.8 Å². The van der Waals surface area contributed by atoms with Crippen LogP contribution in [0.3, 0.4) is 0 Å². The Morgan fingerprint density at radius 3 is 2.53 bits per heavy atom. The minimum atomic E-state index is -0.536. The Hall–Kier alpha value is -1.53. The smallest absolute Gasteiger partial charge is 0.296 e. The molecule has 1 amide bonds. The minimum Gasteiger partial charge on any atom is -0.318 e. The summed E-state index contributed by atoms with van der Waals surface area (Å²) >= 11 is 4.77. The second-order valence-corrected chi connectivity index (χ2v) is 5.28. The van der Waals surface area contributed by atoms with Gasteiger partial charge in [-0.05, 0) is 28.1 Å². The molecule has 3 rings (SSSR count). The van der Waals surface area contributed by atoms with Gasteiger partial charge >= 0.3 is 0 Å². The van der Waals surface area contributed by atoms with E-state index < -0.39 is 11.7 Å². The monoisotopic (exact) mass is 310 g/mol. The third kappa shape index (κ3) is 2.78. The van der Waals surface area contributed by atoms with E-state index in [0.29, 0.717) is 11.3 Å². The van der Waals surface area contributed by atoms with Crippen LogP contribution in [0.25, 0.3) is 0 Å². The highest BCUT2D eigenvalue weighted by Crippen LogP contribution is 2.21. The number of thiazole rings is 1. The molecule has 2 heterocycles. The van der Waals surface area contributed by atoms with Crippen LogP contribution in [0.1, 0.15) is 10.4 Å². The van der Waals surface area contributed by atoms with Gasteiger partial charge in [-0.3, -0.25) is 9.59 Å². The molecule has 0 bridgehead atoms. The Balaban J connectivity index is 0.000000153. The van der Waals surface area contributed by atoms with Crippen molar-refractivity contribution in [3.63, 3.8) is 0 Å². The molecule has 0 radical (unpaired) electrons. The van der Waals surface area contributed by atoms with E-state index in [1.54, 1.807) is 41.8 Å². The number of nitrogens with zero attached hydrogens (tertiary/aromatic N) is 1. The standard InChI is InChI=1S/C8H5NO2.C3H2BrNS/c10-7-5-3-1-2-4-6(5)9-8(7)11;4-3-5-1-2-6-3/h1-4H,(H,9,10,11);1-2H. The summed E-state index contributed by atoms with van der Waals surface area (Å²) in [5, 5.41) is 4.38. The van der Waals surface area contributed by atoms with E-state index in [1.165, 1.54) is 0 Å². The number of carbonyl (C=O) groups excluding carboxylic acids is 2. The molecule has 1 N–H and O–H groups in total. The highest BCUT2D eigenvalue weighted by Gasteiger charge is 2.26. The molecule has 0 saturated heterocycles. The van der Waals surface area contributed by atoms with Crippen molar-refractivity contribution in [1.29, 1.82) is 0 Å². The molecule has 1 aliphatic rings. The van der Waals surface area contributed by atoms with E-state index in [4.69, 9.17) is 0 Å². The zero-order valence-electron chi connectivity index (χ0n) is 8.51. The van der Waals surface area contributed by atoms with Crippen LogP contribution in [-0.4, -0.2) is 16.7 Å². The van der Waals surface area contributed by atoms with Crippen LogP contribution in [0.2, 0.25) is 0 Å². The summed E-state index contributed by atoms with van der Waals surface area (Å²) in [5.74, 6) is -0.980. The molecule has 1 aliphatic heterocycles. The summed E-state index contributed by atoms with van der Waals surface area (Å²) in [6.45, 7) is 0. The lowest BCUT2D eigenvalue weighted by atomic mass is 10.1. The normalized spacial score (nSPS) is 12.5. The molecular formula is C11H7BrN2O2S. The van der Waals surface area contributed by atoms with Gasteiger partial charge in [0.2, 0.25) is 0 Å². The predicted octanol–water partition coefficient (Wildman–Crippen LogP) is 2.73. The van der Waals surface area contributed by atoms with Gasteiger partial charge in [0.15, 0.2) is 3.92 Å². The fourth-order valence-electron chi connectivity index (χ4n) is 1.30. The van der Waals surface area contributed by atoms with E-state index in [2.05, 4.69) is 26.2 Å². The summed E-state index contributed by atoms with van der Waals surface area (Å²) in [6, 6.07) is 6.85. The Labute approximate surface area is 110 Å². The lowest BCUT2D eigenvalue weighted by Crippen LogP contribution is -2.12. The van der Waals surface area contributed by atoms with Crippen LogP contribution in [-0.2, 0) is 4.79 Å². The number of amides is 1. The fourth-order valence-corrected chi connectivity index (χ4v) is 2.10. The number of hydrogen-bond donors (Lipinski definition) is 1. The van der Waals surface area contributed by atoms with Crippen molar-refractivity contribution in [3.8, 4) is 0 Å². The Morgan fingerprint density at radius 1 is 1.24 bits per heavy atom. The summed E-state index contributed by atoms with van der Waals surface area (Å²) in [5.41, 5.74) is 1.08. The first-order chi connectivity index (χ1) is 8.18. The summed E-state index contributed by atoms with van der Waals surface area (Å²) < 4.78 is 0.947. The van der Waals surface area contributed by atoms with Crippen molar-refractivity contribution >= 4 is 44.6 Å². The van der Waals surface area contributed by atoms with E-state index in [0.717, 1.165) is 3.92 Å². The first kappa shape index (κ1) is 11.9. The molecule has 1 aromatic heterocycles. The molecule has 17 heavy (non-hydrogen) atoms. The van der Waals surface area contributed by atoms with Gasteiger partial charge in [-0.25, -0.2) is 4.98 Å². The predicted molar refractivity (Wildman–Crippen MR) is 69.2 cm³/mol. The number of nitrogens with one attached hydrogen (secondary N) is 1. The van der Waals surface area contributed by atoms with Gasteiger partial charge in [0.1, 0.15) is 0 Å². The molecule has 0 aliphatic carbocycles. The molecule has 0 atom stereocenters. The quantitative estimate of drug-likeness (QED) is 0.761. The number of benzene rings is 1. The SMILES string of the molecule is Brc1nccs1.O=C1Nc2ccccc2C1=O. The van der Waals surface area contributed by atoms with Gasteiger partial charge in [0, 0.05) is 11.6 Å². The highest BCUT2D eigenvalue weighted by atomic mass is 79.9. The maximum absolute atomic E-state index is 11.0. The van der Waals surface area contributed by atoms with Gasteiger partial charge in [0.05, 0.1) is 11.3 Å². The number of hydrogen-bond acceptors (Lipinski definition) is 4. The van der Waals surface area contributed by atoms with Crippen LogP contribution in [0, 0.1) is 0 Å². The highest BCUT2D eigenvalue weighted by molar-refractivity contribution is 9.11. The minimum absolute atomic E-state index is 0.444. The van der Waals surface area contributed by atoms with Crippen molar-refractivity contribution < 1.29 is 9.59 Å². The van der Waals surface area contributed by atoms with Gasteiger partial charge in [0.25, 0.3) is 11.7 Å². The van der Waals surface area contributed by atoms with Crippen molar-refractivity contribution in [3.05, 3.63) is 45.3 Å². The van der Waals surface area contributed by atoms with Crippen LogP contribution >= 0.6 is 27.3 Å². The summed E-state index contributed by atoms with van der Waals surface area (Å²) in [7, 11) is 0. The third-order valence-corrected chi connectivity index (χ3v) is 3.35. The molecule has 1 aromatic carbocycles. The number of anilines is 1. The number of fused-ring (bicyclic) bond motifs is 1. The molecule has 0 unspecified atom stereocenters. The molecule has 0 spiro atoms. The molecule has 0 saturated carbocycles. The van der Waals surface area contributed by atoms with Crippen molar-refractivity contribution in [2.75, 3.05) is 5.32 Å². The number of ketones is 1. The molecule has 0 fully saturated rings. The molecule has 2 aromatic rings. The lowest BCUT2D eigenvalue weighted by Gasteiger charge is -1.91. The van der Waals surface area contributed by atoms with E-state index in [9.17, 15) is 9.59 Å². The number of carbonyl (C=O) groups is 2. The largest absolute Gasteiger partial charge is 0.318 e. The first-order valence-corrected chi connectivity index (χ1v) is 6.35. The number of halogens is 1. The van der Waals surface area contributed by atoms with Crippen LogP contribution in [0.4, 0.5) is 5.69 Å². The number of aromatic nitrogens is 1. The molecule has 4 nitrogen and oxygen atoms in total. The second-order valence-electron chi connectivity index (χ2n) is 3.11. The van der Waals surface area contributed by atoms with Crippen molar-refractivity contribution in [2.24, 2.45) is 0 Å². The molecular weight excluding hydrogens is 304 g/mol. The number of para-hydroxylation sites is 1. The van der Waals surface area contributed by atoms with E-state index >= 15 is 0 Å². The number of Topliss-reactive ketones (excluding diaryl/α,β-unsaturated/α-hetero) is 1. The average molecular weight is 311 g/mol. The average Bonchev–Trinajstić information content (AvgIpc) is 2.90. The zero-order chi connectivity index (χ0) is 12.3. The van der Waals surface area contributed by atoms with Crippen molar-refractivity contribution in [1.82, 2.24) is 4.98 Å². The van der Waals surface area contributed by atoms with E-state index in [-0.39, 0.29) is 0 Å².